The molecule has 0 bridgehead atoms. The third kappa shape index (κ3) is 13.8. The van der Waals surface area contributed by atoms with Gasteiger partial charge in [0.05, 0.1) is 13.2 Å². The van der Waals surface area contributed by atoms with Gasteiger partial charge in [0.15, 0.2) is 6.29 Å². The van der Waals surface area contributed by atoms with Crippen molar-refractivity contribution in [1.29, 1.82) is 0 Å². The molecular formula is C14H24Ac4O7. The van der Waals surface area contributed by atoms with Gasteiger partial charge in [-0.25, -0.2) is 0 Å². The Bertz CT molecular complexity index is 371. The molecule has 1 aliphatic heterocycles. The van der Waals surface area contributed by atoms with Gasteiger partial charge in [-0.15, -0.1) is 0 Å². The van der Waals surface area contributed by atoms with Crippen molar-refractivity contribution in [3.8, 4) is 0 Å². The SMILES string of the molecule is CC(=O)[C@@H](C)CC=CCO[C@H]1OC(CO)[C@H](O)[C@H](O)C1O.[Ac].[Ac].[Ac].[Ac]. The molecule has 11 heteroatoms. The Morgan fingerprint density at radius 2 is 1.64 bits per heavy atom. The maximum absolute atomic E-state index is 11.0. The minimum absolute atomic E-state index is 0. The fraction of sp³-hybridized carbons (Fsp3) is 0.786. The number of allylic oxidation sites excluding steroid dienone is 1. The minimum Gasteiger partial charge on any atom is -0.394 e. The van der Waals surface area contributed by atoms with Gasteiger partial charge in [0.1, 0.15) is 30.2 Å². The molecule has 2 unspecified atom stereocenters. The number of carbonyl (C=O) groups excluding carboxylic acids is 1. The van der Waals surface area contributed by atoms with Crippen LogP contribution >= 0.6 is 0 Å². The first-order valence-corrected chi connectivity index (χ1v) is 6.96. The Hall–Kier alpha value is 4.94. The fourth-order valence-corrected chi connectivity index (χ4v) is 1.89. The van der Waals surface area contributed by atoms with Gasteiger partial charge in [0, 0.05) is 182 Å². The second-order valence-electron chi connectivity index (χ2n) is 5.25. The van der Waals surface area contributed by atoms with E-state index in [0.717, 1.165) is 0 Å². The van der Waals surface area contributed by atoms with Crippen LogP contribution in [0.1, 0.15) is 20.3 Å². The van der Waals surface area contributed by atoms with Gasteiger partial charge in [0.2, 0.25) is 0 Å². The van der Waals surface area contributed by atoms with E-state index in [-0.39, 0.29) is 195 Å². The first kappa shape index (κ1) is 37.3. The zero-order valence-electron chi connectivity index (χ0n) is 14.6. The Kier molecular flexibility index (Phi) is 31.0. The quantitative estimate of drug-likeness (QED) is 0.242. The molecule has 1 fully saturated rings. The number of Topliss-reactive ketones (excluding diaryl/α,β-unsaturated/α-hetero) is 1. The second kappa shape index (κ2) is 20.8. The van der Waals surface area contributed by atoms with Crippen molar-refractivity contribution in [2.45, 2.75) is 51.0 Å². The van der Waals surface area contributed by atoms with Crippen LogP contribution in [0.2, 0.25) is 0 Å². The third-order valence-corrected chi connectivity index (χ3v) is 3.56. The van der Waals surface area contributed by atoms with Gasteiger partial charge < -0.3 is 29.9 Å². The van der Waals surface area contributed by atoms with Gasteiger partial charge >= 0.3 is 0 Å². The van der Waals surface area contributed by atoms with Crippen LogP contribution in [0.25, 0.3) is 0 Å². The standard InChI is InChI=1S/C14H24O7.4Ac/c1-8(9(2)16)5-3-4-6-20-14-13(19)12(18)11(17)10(7-15)21-14;;;;/h3-4,8,10-15,17-19H,5-7H2,1-2H3;;;;/t8-,10?,11-,12-,13?,14-;;;;/m0..../s1. The van der Waals surface area contributed by atoms with E-state index in [4.69, 9.17) is 14.6 Å². The fourth-order valence-electron chi connectivity index (χ4n) is 1.89. The minimum atomic E-state index is -1.44. The zero-order valence-corrected chi connectivity index (χ0v) is 33.5. The Labute approximate surface area is 292 Å². The van der Waals surface area contributed by atoms with E-state index in [1.54, 1.807) is 12.2 Å². The number of carbonyl (C=O) groups is 1. The predicted molar refractivity (Wildman–Crippen MR) is 73.3 cm³/mol. The first-order valence-electron chi connectivity index (χ1n) is 6.96. The van der Waals surface area contributed by atoms with Crippen molar-refractivity contribution in [3.63, 3.8) is 0 Å². The van der Waals surface area contributed by atoms with Gasteiger partial charge in [-0.3, -0.25) is 4.79 Å². The van der Waals surface area contributed by atoms with Crippen molar-refractivity contribution in [2.75, 3.05) is 13.2 Å². The van der Waals surface area contributed by atoms with Crippen LogP contribution in [0, 0.1) is 182 Å². The van der Waals surface area contributed by atoms with E-state index < -0.39 is 37.3 Å². The smallest absolute Gasteiger partial charge is 0.187 e. The topological polar surface area (TPSA) is 116 Å². The predicted octanol–water partition coefficient (Wildman–Crippen LogP) is -1.03. The molecular weight excluding hydrogens is 1190 g/mol. The van der Waals surface area contributed by atoms with E-state index in [0.29, 0.717) is 6.42 Å². The molecule has 4 N–H and O–H groups in total. The molecule has 1 heterocycles. The van der Waals surface area contributed by atoms with Crippen molar-refractivity contribution in [3.05, 3.63) is 12.2 Å². The molecule has 0 aromatic rings. The van der Waals surface area contributed by atoms with Crippen molar-refractivity contribution in [2.24, 2.45) is 5.92 Å². The molecule has 6 atom stereocenters. The van der Waals surface area contributed by atoms with E-state index in [2.05, 4.69) is 0 Å². The van der Waals surface area contributed by atoms with Crippen LogP contribution in [-0.2, 0) is 14.3 Å². The van der Waals surface area contributed by atoms with Crippen LogP contribution < -0.4 is 0 Å². The number of ether oxygens (including phenoxy) is 2. The summed E-state index contributed by atoms with van der Waals surface area (Å²) in [6.45, 7) is 2.98. The molecule has 0 amide bonds. The number of rotatable bonds is 7. The first-order chi connectivity index (χ1) is 9.88. The summed E-state index contributed by atoms with van der Waals surface area (Å²) in [6, 6.07) is 0. The molecule has 1 rings (SSSR count). The van der Waals surface area contributed by atoms with E-state index in [1.165, 1.54) is 6.92 Å². The van der Waals surface area contributed by atoms with Gasteiger partial charge in [0.25, 0.3) is 0 Å². The summed E-state index contributed by atoms with van der Waals surface area (Å²) in [6.07, 6.45) is -2.28. The summed E-state index contributed by atoms with van der Waals surface area (Å²) in [5, 5.41) is 37.9. The molecule has 1 aliphatic rings. The monoisotopic (exact) mass is 1210 g/mol. The summed E-state index contributed by atoms with van der Waals surface area (Å²) in [5.74, 6) is 0.0445. The summed E-state index contributed by atoms with van der Waals surface area (Å²) < 4.78 is 10.4. The second-order valence-corrected chi connectivity index (χ2v) is 5.25. The summed E-state index contributed by atoms with van der Waals surface area (Å²) >= 11 is 0. The van der Waals surface area contributed by atoms with E-state index in [1.807, 2.05) is 6.92 Å². The number of aliphatic hydroxyl groups is 4. The summed E-state index contributed by atoms with van der Waals surface area (Å²) in [4.78, 5) is 11.0. The Morgan fingerprint density at radius 3 is 2.12 bits per heavy atom. The van der Waals surface area contributed by atoms with Crippen molar-refractivity contribution in [1.82, 2.24) is 0 Å². The molecule has 4 radical (unpaired) electrons. The van der Waals surface area contributed by atoms with Crippen molar-refractivity contribution < 1.29 is 211 Å². The maximum atomic E-state index is 11.0. The van der Waals surface area contributed by atoms with Crippen molar-refractivity contribution >= 4 is 5.78 Å². The van der Waals surface area contributed by atoms with Gasteiger partial charge in [-0.2, -0.15) is 0 Å². The molecule has 7 nitrogen and oxygen atoms in total. The molecule has 25 heavy (non-hydrogen) atoms. The average Bonchev–Trinajstić information content (AvgIpc) is 2.46. The molecule has 1 saturated heterocycles. The summed E-state index contributed by atoms with van der Waals surface area (Å²) in [7, 11) is 0. The number of ketones is 1. The van der Waals surface area contributed by atoms with Crippen LogP contribution in [0.15, 0.2) is 12.2 Å². The Morgan fingerprint density at radius 1 is 1.08 bits per heavy atom. The molecule has 134 valence electrons. The number of aliphatic hydroxyl groups excluding tert-OH is 4. The molecule has 0 spiro atoms. The van der Waals surface area contributed by atoms with Crippen LogP contribution in [0.4, 0.5) is 0 Å². The molecule has 0 saturated carbocycles. The molecule has 0 aliphatic carbocycles. The van der Waals surface area contributed by atoms with Gasteiger partial charge in [-0.05, 0) is 13.3 Å². The molecule has 0 aromatic carbocycles. The van der Waals surface area contributed by atoms with Crippen LogP contribution in [0.3, 0.4) is 0 Å². The molecule has 0 aromatic heterocycles. The Balaban J connectivity index is -0.000000551. The van der Waals surface area contributed by atoms with E-state index >= 15 is 0 Å². The van der Waals surface area contributed by atoms with E-state index in [9.17, 15) is 20.1 Å². The van der Waals surface area contributed by atoms with Crippen LogP contribution in [0.5, 0.6) is 0 Å². The third-order valence-electron chi connectivity index (χ3n) is 3.56. The average molecular weight is 1210 g/mol. The normalized spacial score (nSPS) is 29.4. The number of hydrogen-bond donors (Lipinski definition) is 4. The largest absolute Gasteiger partial charge is 0.394 e. The van der Waals surface area contributed by atoms with Crippen LogP contribution in [-0.4, -0.2) is 70.1 Å². The number of hydrogen-bond acceptors (Lipinski definition) is 7. The summed E-state index contributed by atoms with van der Waals surface area (Å²) in [5.41, 5.74) is 0. The maximum Gasteiger partial charge on any atom is 0.187 e. The zero-order chi connectivity index (χ0) is 16.0. The van der Waals surface area contributed by atoms with Gasteiger partial charge in [-0.1, -0.05) is 19.1 Å².